The van der Waals surface area contributed by atoms with E-state index in [-0.39, 0.29) is 23.5 Å². The second-order valence-corrected chi connectivity index (χ2v) is 7.03. The number of amides is 2. The van der Waals surface area contributed by atoms with Crippen LogP contribution in [0.4, 0.5) is 15.8 Å². The summed E-state index contributed by atoms with van der Waals surface area (Å²) in [5.74, 6) is 0.0347. The van der Waals surface area contributed by atoms with Crippen molar-refractivity contribution in [1.82, 2.24) is 0 Å². The minimum absolute atomic E-state index is 0.0904. The Labute approximate surface area is 152 Å². The highest BCUT2D eigenvalue weighted by Crippen LogP contribution is 2.37. The number of nitrogens with zero attached hydrogens (tertiary/aromatic N) is 1. The van der Waals surface area contributed by atoms with Gasteiger partial charge in [-0.2, -0.15) is 0 Å². The van der Waals surface area contributed by atoms with Crippen LogP contribution in [0.2, 0.25) is 0 Å². The lowest BCUT2D eigenvalue weighted by molar-refractivity contribution is -0.119. The van der Waals surface area contributed by atoms with Crippen LogP contribution in [0.1, 0.15) is 30.4 Å². The summed E-state index contributed by atoms with van der Waals surface area (Å²) in [4.78, 5) is 26.5. The van der Waals surface area contributed by atoms with E-state index in [0.29, 0.717) is 18.5 Å². The Balaban J connectivity index is 1.39. The Hall–Kier alpha value is -2.69. The number of fused-ring (bicyclic) bond motifs is 1. The van der Waals surface area contributed by atoms with Gasteiger partial charge >= 0.3 is 0 Å². The molecule has 0 spiro atoms. The third-order valence-corrected chi connectivity index (χ3v) is 5.01. The number of nitrogens with one attached hydrogen (secondary N) is 1. The Morgan fingerprint density at radius 1 is 1.12 bits per heavy atom. The van der Waals surface area contributed by atoms with E-state index in [2.05, 4.69) is 5.32 Å². The van der Waals surface area contributed by atoms with Gasteiger partial charge in [0.25, 0.3) is 0 Å². The second kappa shape index (κ2) is 6.90. The highest BCUT2D eigenvalue weighted by atomic mass is 19.1. The number of carbonyl (C=O) groups excluding carboxylic acids is 2. The van der Waals surface area contributed by atoms with Crippen molar-refractivity contribution in [3.63, 3.8) is 0 Å². The zero-order valence-corrected chi connectivity index (χ0v) is 14.5. The molecule has 2 aromatic carbocycles. The molecule has 134 valence electrons. The predicted molar refractivity (Wildman–Crippen MR) is 98.6 cm³/mol. The predicted octanol–water partition coefficient (Wildman–Crippen LogP) is 3.70. The van der Waals surface area contributed by atoms with Gasteiger partial charge in [0.2, 0.25) is 11.8 Å². The van der Waals surface area contributed by atoms with Crippen molar-refractivity contribution in [2.24, 2.45) is 5.92 Å². The molecular formula is C21H21FN2O2. The van der Waals surface area contributed by atoms with E-state index in [9.17, 15) is 14.0 Å². The van der Waals surface area contributed by atoms with Crippen LogP contribution in [0.3, 0.4) is 0 Å². The van der Waals surface area contributed by atoms with Crippen LogP contribution in [0, 0.1) is 11.7 Å². The van der Waals surface area contributed by atoms with Crippen molar-refractivity contribution in [3.8, 4) is 0 Å². The maximum atomic E-state index is 12.9. The second-order valence-electron chi connectivity index (χ2n) is 7.03. The Morgan fingerprint density at radius 3 is 2.62 bits per heavy atom. The first-order valence-electron chi connectivity index (χ1n) is 9.09. The summed E-state index contributed by atoms with van der Waals surface area (Å²) in [5.41, 5.74) is 3.72. The van der Waals surface area contributed by atoms with E-state index in [1.54, 1.807) is 12.1 Å². The SMILES string of the molecule is O=C(CCc1ccc(F)cc1)Nc1ccc2c(c1)N(C(=O)C1CC1)CC2. The molecule has 2 aliphatic rings. The van der Waals surface area contributed by atoms with E-state index in [4.69, 9.17) is 0 Å². The largest absolute Gasteiger partial charge is 0.326 e. The van der Waals surface area contributed by atoms with Crippen LogP contribution in [0.15, 0.2) is 42.5 Å². The van der Waals surface area contributed by atoms with Gasteiger partial charge in [-0.05, 0) is 61.1 Å². The van der Waals surface area contributed by atoms with E-state index in [1.165, 1.54) is 12.1 Å². The number of rotatable bonds is 5. The maximum absolute atomic E-state index is 12.9. The van der Waals surface area contributed by atoms with Gasteiger partial charge in [-0.15, -0.1) is 0 Å². The molecule has 5 heteroatoms. The topological polar surface area (TPSA) is 49.4 Å². The Morgan fingerprint density at radius 2 is 1.88 bits per heavy atom. The van der Waals surface area contributed by atoms with Crippen molar-refractivity contribution in [2.45, 2.75) is 32.1 Å². The molecule has 1 heterocycles. The molecule has 1 N–H and O–H groups in total. The molecule has 1 aliphatic heterocycles. The first kappa shape index (κ1) is 16.8. The minimum Gasteiger partial charge on any atom is -0.326 e. The summed E-state index contributed by atoms with van der Waals surface area (Å²) in [6, 6.07) is 12.0. The molecule has 2 aromatic rings. The number of hydrogen-bond acceptors (Lipinski definition) is 2. The molecule has 1 aliphatic carbocycles. The van der Waals surface area contributed by atoms with Gasteiger partial charge in [0, 0.05) is 30.3 Å². The lowest BCUT2D eigenvalue weighted by atomic mass is 10.1. The van der Waals surface area contributed by atoms with Gasteiger partial charge in [0.05, 0.1) is 0 Å². The fourth-order valence-corrected chi connectivity index (χ4v) is 3.37. The van der Waals surface area contributed by atoms with Gasteiger partial charge in [-0.1, -0.05) is 18.2 Å². The van der Waals surface area contributed by atoms with Crippen molar-refractivity contribution in [3.05, 3.63) is 59.4 Å². The Bertz CT molecular complexity index is 844. The monoisotopic (exact) mass is 352 g/mol. The number of benzene rings is 2. The van der Waals surface area contributed by atoms with Crippen LogP contribution in [0.5, 0.6) is 0 Å². The van der Waals surface area contributed by atoms with Crippen LogP contribution in [-0.4, -0.2) is 18.4 Å². The van der Waals surface area contributed by atoms with Gasteiger partial charge in [-0.25, -0.2) is 4.39 Å². The van der Waals surface area contributed by atoms with Crippen molar-refractivity contribution < 1.29 is 14.0 Å². The third kappa shape index (κ3) is 3.62. The molecule has 4 rings (SSSR count). The molecule has 0 atom stereocenters. The zero-order valence-electron chi connectivity index (χ0n) is 14.5. The highest BCUT2D eigenvalue weighted by Gasteiger charge is 2.36. The molecular weight excluding hydrogens is 331 g/mol. The number of hydrogen-bond donors (Lipinski definition) is 1. The first-order chi connectivity index (χ1) is 12.6. The van der Waals surface area contributed by atoms with Gasteiger partial charge in [0.15, 0.2) is 0 Å². The van der Waals surface area contributed by atoms with E-state index in [1.807, 2.05) is 23.1 Å². The summed E-state index contributed by atoms with van der Waals surface area (Å²) in [7, 11) is 0. The summed E-state index contributed by atoms with van der Waals surface area (Å²) < 4.78 is 12.9. The molecule has 1 saturated carbocycles. The van der Waals surface area contributed by atoms with Crippen molar-refractivity contribution in [2.75, 3.05) is 16.8 Å². The fraction of sp³-hybridized carbons (Fsp3) is 0.333. The first-order valence-corrected chi connectivity index (χ1v) is 9.09. The minimum atomic E-state index is -0.276. The van der Waals surface area contributed by atoms with Crippen LogP contribution in [-0.2, 0) is 22.4 Å². The van der Waals surface area contributed by atoms with Gasteiger partial charge < -0.3 is 10.2 Å². The number of halogens is 1. The lowest BCUT2D eigenvalue weighted by Gasteiger charge is -2.18. The average Bonchev–Trinajstić information content (AvgIpc) is 3.41. The normalized spacial score (nSPS) is 15.7. The molecule has 0 bridgehead atoms. The zero-order chi connectivity index (χ0) is 18.1. The summed E-state index contributed by atoms with van der Waals surface area (Å²) in [6.07, 6.45) is 3.73. The van der Waals surface area contributed by atoms with E-state index < -0.39 is 0 Å². The smallest absolute Gasteiger partial charge is 0.230 e. The number of anilines is 2. The summed E-state index contributed by atoms with van der Waals surface area (Å²) >= 11 is 0. The van der Waals surface area contributed by atoms with Crippen LogP contribution < -0.4 is 10.2 Å². The van der Waals surface area contributed by atoms with Gasteiger partial charge in [-0.3, -0.25) is 9.59 Å². The molecule has 0 unspecified atom stereocenters. The molecule has 1 fully saturated rings. The summed E-state index contributed by atoms with van der Waals surface area (Å²) in [5, 5.41) is 2.91. The number of aryl methyl sites for hydroxylation is 1. The molecule has 2 amide bonds. The Kier molecular flexibility index (Phi) is 4.45. The van der Waals surface area contributed by atoms with Gasteiger partial charge in [0.1, 0.15) is 5.82 Å². The van der Waals surface area contributed by atoms with E-state index in [0.717, 1.165) is 42.6 Å². The quantitative estimate of drug-likeness (QED) is 0.892. The fourth-order valence-electron chi connectivity index (χ4n) is 3.37. The average molecular weight is 352 g/mol. The van der Waals surface area contributed by atoms with Crippen molar-refractivity contribution in [1.29, 1.82) is 0 Å². The number of carbonyl (C=O) groups is 2. The van der Waals surface area contributed by atoms with Crippen LogP contribution >= 0.6 is 0 Å². The highest BCUT2D eigenvalue weighted by molar-refractivity contribution is 5.99. The molecule has 0 radical (unpaired) electrons. The molecule has 0 aromatic heterocycles. The van der Waals surface area contributed by atoms with Crippen molar-refractivity contribution >= 4 is 23.2 Å². The van der Waals surface area contributed by atoms with Crippen LogP contribution in [0.25, 0.3) is 0 Å². The maximum Gasteiger partial charge on any atom is 0.230 e. The standard InChI is InChI=1S/C21H21FN2O2/c22-17-7-1-14(2-8-17)3-10-20(25)23-18-9-6-15-11-12-24(19(15)13-18)21(26)16-4-5-16/h1-2,6-9,13,16H,3-5,10-12H2,(H,23,25). The van der Waals surface area contributed by atoms with E-state index >= 15 is 0 Å². The molecule has 26 heavy (non-hydrogen) atoms. The third-order valence-electron chi connectivity index (χ3n) is 5.01. The molecule has 0 saturated heterocycles. The lowest BCUT2D eigenvalue weighted by Crippen LogP contribution is -2.30. The molecule has 4 nitrogen and oxygen atoms in total. The summed E-state index contributed by atoms with van der Waals surface area (Å²) in [6.45, 7) is 0.729.